The van der Waals surface area contributed by atoms with Gasteiger partial charge in [-0.25, -0.2) is 0 Å². The Morgan fingerprint density at radius 1 is 1.28 bits per heavy atom. The summed E-state index contributed by atoms with van der Waals surface area (Å²) in [4.78, 5) is 22.7. The number of ether oxygens (including phenoxy) is 2. The highest BCUT2D eigenvalue weighted by molar-refractivity contribution is 5.91. The molecule has 0 aliphatic rings. The predicted octanol–water partition coefficient (Wildman–Crippen LogP) is 3.01. The molecule has 0 heterocycles. The lowest BCUT2D eigenvalue weighted by Gasteiger charge is -2.11. The van der Waals surface area contributed by atoms with Crippen molar-refractivity contribution in [3.05, 3.63) is 35.7 Å². The first-order valence-electron chi connectivity index (χ1n) is 7.86. The Morgan fingerprint density at radius 3 is 2.56 bits per heavy atom. The van der Waals surface area contributed by atoms with E-state index in [1.807, 2.05) is 6.92 Å². The quantitative estimate of drug-likeness (QED) is 0.233. The zero-order valence-corrected chi connectivity index (χ0v) is 14.6. The molecule has 0 saturated carbocycles. The second kappa shape index (κ2) is 10.1. The summed E-state index contributed by atoms with van der Waals surface area (Å²) in [6, 6.07) is 6.73. The van der Waals surface area contributed by atoms with Crippen molar-refractivity contribution in [1.82, 2.24) is 0 Å². The van der Waals surface area contributed by atoms with Gasteiger partial charge in [-0.15, -0.1) is 10.2 Å². The number of para-hydroxylation sites is 1. The monoisotopic (exact) mass is 349 g/mol. The third kappa shape index (κ3) is 6.62. The second-order valence-corrected chi connectivity index (χ2v) is 5.29. The first-order chi connectivity index (χ1) is 11.9. The molecule has 0 fully saturated rings. The van der Waals surface area contributed by atoms with Gasteiger partial charge in [-0.05, 0) is 25.5 Å². The lowest BCUT2D eigenvalue weighted by Crippen LogP contribution is -2.17. The van der Waals surface area contributed by atoms with Crippen LogP contribution in [0.3, 0.4) is 0 Å². The first kappa shape index (κ1) is 20.1. The molecule has 1 atom stereocenters. The van der Waals surface area contributed by atoms with Crippen LogP contribution in [-0.4, -0.2) is 30.2 Å². The Hall–Kier alpha value is -2.90. The van der Waals surface area contributed by atoms with Crippen molar-refractivity contribution in [1.29, 1.82) is 0 Å². The molecule has 0 spiro atoms. The highest BCUT2D eigenvalue weighted by atomic mass is 16.6. The summed E-state index contributed by atoms with van der Waals surface area (Å²) in [6.07, 6.45) is 0.711. The fraction of sp³-hybridized carbons (Fsp3) is 0.412. The van der Waals surface area contributed by atoms with E-state index in [1.54, 1.807) is 31.2 Å². The molecule has 1 aromatic rings. The number of benzene rings is 1. The second-order valence-electron chi connectivity index (χ2n) is 5.29. The minimum absolute atomic E-state index is 0.108. The van der Waals surface area contributed by atoms with E-state index in [-0.39, 0.29) is 36.6 Å². The number of esters is 1. The molecule has 8 nitrogen and oxygen atoms in total. The van der Waals surface area contributed by atoms with Gasteiger partial charge in [-0.1, -0.05) is 26.0 Å². The molecular formula is C17H23N3O5. The molecule has 3 N–H and O–H groups in total. The largest absolute Gasteiger partial charge is 0.510 e. The average Bonchev–Trinajstić information content (AvgIpc) is 2.58. The van der Waals surface area contributed by atoms with Crippen LogP contribution in [0.15, 0.2) is 46.0 Å². The van der Waals surface area contributed by atoms with Crippen LogP contribution in [0.2, 0.25) is 0 Å². The lowest BCUT2D eigenvalue weighted by molar-refractivity contribution is -0.148. The van der Waals surface area contributed by atoms with Crippen molar-refractivity contribution in [2.45, 2.75) is 27.2 Å². The molecule has 1 aromatic carbocycles. The van der Waals surface area contributed by atoms with Crippen LogP contribution in [0, 0.1) is 5.92 Å². The van der Waals surface area contributed by atoms with Gasteiger partial charge in [0.2, 0.25) is 0 Å². The number of amides is 1. The van der Waals surface area contributed by atoms with Crippen LogP contribution in [0.25, 0.3) is 0 Å². The molecule has 0 aliphatic heterocycles. The number of hydrogen-bond acceptors (Lipinski definition) is 7. The molecule has 1 rings (SSSR count). The summed E-state index contributed by atoms with van der Waals surface area (Å²) in [5.41, 5.74) is 5.12. The van der Waals surface area contributed by atoms with E-state index in [4.69, 9.17) is 15.2 Å². The van der Waals surface area contributed by atoms with Gasteiger partial charge in [0.05, 0.1) is 5.92 Å². The van der Waals surface area contributed by atoms with Crippen LogP contribution < -0.4 is 10.5 Å². The van der Waals surface area contributed by atoms with Crippen molar-refractivity contribution in [2.75, 3.05) is 13.2 Å². The van der Waals surface area contributed by atoms with Crippen molar-refractivity contribution in [2.24, 2.45) is 21.9 Å². The van der Waals surface area contributed by atoms with Gasteiger partial charge in [0, 0.05) is 0 Å². The molecular weight excluding hydrogens is 326 g/mol. The zero-order chi connectivity index (χ0) is 18.8. The Labute approximate surface area is 146 Å². The van der Waals surface area contributed by atoms with Crippen molar-refractivity contribution >= 4 is 17.6 Å². The molecule has 0 aromatic heterocycles. The van der Waals surface area contributed by atoms with Gasteiger partial charge in [-0.3, -0.25) is 9.59 Å². The van der Waals surface area contributed by atoms with Crippen molar-refractivity contribution < 1.29 is 24.2 Å². The summed E-state index contributed by atoms with van der Waals surface area (Å²) in [5.74, 6) is -1.24. The maximum absolute atomic E-state index is 11.6. The standard InChI is InChI=1S/C17H23N3O5/c1-4-11(2)17(23)25-10-9-24-14-8-6-5-7-13(14)19-20-15(12(3)21)16(18)22/h5-8,11,21H,4,9-10H2,1-3H3,(H2,18,22)/t11-/m0/s1. The van der Waals surface area contributed by atoms with E-state index in [0.29, 0.717) is 17.9 Å². The summed E-state index contributed by atoms with van der Waals surface area (Å²) in [7, 11) is 0. The van der Waals surface area contributed by atoms with E-state index >= 15 is 0 Å². The number of primary amides is 1. The van der Waals surface area contributed by atoms with Gasteiger partial charge >= 0.3 is 5.97 Å². The van der Waals surface area contributed by atoms with E-state index in [9.17, 15) is 14.7 Å². The van der Waals surface area contributed by atoms with Crippen LogP contribution >= 0.6 is 0 Å². The molecule has 0 aliphatic carbocycles. The maximum Gasteiger partial charge on any atom is 0.308 e. The van der Waals surface area contributed by atoms with E-state index < -0.39 is 5.91 Å². The molecule has 0 bridgehead atoms. The molecule has 136 valence electrons. The zero-order valence-electron chi connectivity index (χ0n) is 14.6. The summed E-state index contributed by atoms with van der Waals surface area (Å²) in [5, 5.41) is 16.9. The number of nitrogens with zero attached hydrogens (tertiary/aromatic N) is 2. The lowest BCUT2D eigenvalue weighted by atomic mass is 10.1. The first-order valence-corrected chi connectivity index (χ1v) is 7.86. The van der Waals surface area contributed by atoms with Gasteiger partial charge in [0.15, 0.2) is 5.70 Å². The number of allylic oxidation sites excluding steroid dienone is 1. The smallest absolute Gasteiger partial charge is 0.308 e. The van der Waals surface area contributed by atoms with E-state index in [0.717, 1.165) is 0 Å². The highest BCUT2D eigenvalue weighted by Gasteiger charge is 2.12. The summed E-state index contributed by atoms with van der Waals surface area (Å²) < 4.78 is 10.6. The molecule has 0 unspecified atom stereocenters. The van der Waals surface area contributed by atoms with Crippen molar-refractivity contribution in [3.63, 3.8) is 0 Å². The fourth-order valence-corrected chi connectivity index (χ4v) is 1.67. The number of aliphatic hydroxyl groups is 1. The number of carbonyl (C=O) groups excluding carboxylic acids is 2. The SMILES string of the molecule is CC[C@H](C)C(=O)OCCOc1ccccc1N=NC(C(N)=O)=C(C)O. The van der Waals surface area contributed by atoms with E-state index in [2.05, 4.69) is 10.2 Å². The van der Waals surface area contributed by atoms with Gasteiger partial charge < -0.3 is 20.3 Å². The third-order valence-electron chi connectivity index (χ3n) is 3.30. The Morgan fingerprint density at radius 2 is 1.96 bits per heavy atom. The maximum atomic E-state index is 11.6. The van der Waals surface area contributed by atoms with Crippen LogP contribution in [0.1, 0.15) is 27.2 Å². The number of azo groups is 1. The molecule has 8 heteroatoms. The van der Waals surface area contributed by atoms with Crippen LogP contribution in [0.4, 0.5) is 5.69 Å². The van der Waals surface area contributed by atoms with Gasteiger partial charge in [0.25, 0.3) is 5.91 Å². The van der Waals surface area contributed by atoms with E-state index in [1.165, 1.54) is 6.92 Å². The Kier molecular flexibility index (Phi) is 8.11. The number of hydrogen-bond donors (Lipinski definition) is 2. The minimum atomic E-state index is -0.890. The predicted molar refractivity (Wildman–Crippen MR) is 91.4 cm³/mol. The minimum Gasteiger partial charge on any atom is -0.510 e. The third-order valence-corrected chi connectivity index (χ3v) is 3.30. The molecule has 0 radical (unpaired) electrons. The number of aliphatic hydroxyl groups excluding tert-OH is 1. The fourth-order valence-electron chi connectivity index (χ4n) is 1.67. The van der Waals surface area contributed by atoms with Gasteiger partial charge in [0.1, 0.15) is 30.4 Å². The van der Waals surface area contributed by atoms with Crippen molar-refractivity contribution in [3.8, 4) is 5.75 Å². The highest BCUT2D eigenvalue weighted by Crippen LogP contribution is 2.27. The van der Waals surface area contributed by atoms with Crippen LogP contribution in [-0.2, 0) is 14.3 Å². The average molecular weight is 349 g/mol. The number of carbonyl (C=O) groups is 2. The molecule has 0 saturated heterocycles. The molecule has 25 heavy (non-hydrogen) atoms. The van der Waals surface area contributed by atoms with Gasteiger partial charge in [-0.2, -0.15) is 0 Å². The summed E-state index contributed by atoms with van der Waals surface area (Å²) >= 11 is 0. The number of rotatable bonds is 9. The summed E-state index contributed by atoms with van der Waals surface area (Å²) in [6.45, 7) is 5.24. The Balaban J connectivity index is 2.70. The number of nitrogens with two attached hydrogens (primary N) is 1. The molecule has 1 amide bonds. The Bertz CT molecular complexity index is 666. The van der Waals surface area contributed by atoms with Crippen LogP contribution in [0.5, 0.6) is 5.75 Å². The topological polar surface area (TPSA) is 124 Å². The normalized spacial score (nSPS) is 13.2.